The predicted molar refractivity (Wildman–Crippen MR) is 142 cm³/mol. The van der Waals surface area contributed by atoms with Gasteiger partial charge in [-0.2, -0.15) is 8.42 Å². The normalized spacial score (nSPS) is 13.3. The Morgan fingerprint density at radius 3 is 1.61 bits per heavy atom. The topological polar surface area (TPSA) is 187 Å². The number of rotatable bonds is 24. The van der Waals surface area contributed by atoms with Crippen molar-refractivity contribution in [1.82, 2.24) is 4.90 Å². The molecular formula is C26H45NO10S. The van der Waals surface area contributed by atoms with E-state index in [1.807, 2.05) is 0 Å². The fraction of sp³-hybridized carbons (Fsp3) is 0.769. The van der Waals surface area contributed by atoms with Gasteiger partial charge in [0.05, 0.1) is 12.8 Å². The second-order valence-electron chi connectivity index (χ2n) is 9.52. The minimum Gasteiger partial charge on any atom is -0.481 e. The summed E-state index contributed by atoms with van der Waals surface area (Å²) in [5.74, 6) is -6.23. The molecule has 0 aliphatic heterocycles. The van der Waals surface area contributed by atoms with Gasteiger partial charge in [0, 0.05) is 6.54 Å². The molecule has 0 spiro atoms. The van der Waals surface area contributed by atoms with Crippen LogP contribution in [0.25, 0.3) is 0 Å². The predicted octanol–water partition coefficient (Wildman–Crippen LogP) is 4.51. The Labute approximate surface area is 226 Å². The van der Waals surface area contributed by atoms with E-state index in [0.29, 0.717) is 17.7 Å². The number of allylic oxidation sites excluding steroid dienone is 2. The smallest absolute Gasteiger partial charge is 0.327 e. The lowest BCUT2D eigenvalue weighted by atomic mass is 10.1. The third-order valence-corrected chi connectivity index (χ3v) is 7.34. The summed E-state index contributed by atoms with van der Waals surface area (Å²) >= 11 is 0. The minimum absolute atomic E-state index is 0.178. The quantitative estimate of drug-likeness (QED) is 0.0739. The fourth-order valence-electron chi connectivity index (χ4n) is 4.08. The molecule has 0 heterocycles. The first-order chi connectivity index (χ1) is 17.9. The van der Waals surface area contributed by atoms with Crippen molar-refractivity contribution in [2.24, 2.45) is 0 Å². The van der Waals surface area contributed by atoms with Crippen LogP contribution < -0.4 is 0 Å². The van der Waals surface area contributed by atoms with Crippen LogP contribution in [0.4, 0.5) is 0 Å². The molecule has 38 heavy (non-hydrogen) atoms. The monoisotopic (exact) mass is 563 g/mol. The lowest BCUT2D eigenvalue weighted by molar-refractivity contribution is -0.155. The van der Waals surface area contributed by atoms with Crippen LogP contribution in [0.2, 0.25) is 0 Å². The molecule has 12 heteroatoms. The van der Waals surface area contributed by atoms with Gasteiger partial charge in [0.25, 0.3) is 10.1 Å². The molecule has 2 unspecified atom stereocenters. The van der Waals surface area contributed by atoms with Crippen LogP contribution >= 0.6 is 0 Å². The van der Waals surface area contributed by atoms with Gasteiger partial charge in [-0.05, 0) is 32.1 Å². The fourth-order valence-corrected chi connectivity index (χ4v) is 4.68. The van der Waals surface area contributed by atoms with Gasteiger partial charge in [-0.1, -0.05) is 76.9 Å². The van der Waals surface area contributed by atoms with E-state index in [1.165, 1.54) is 38.5 Å². The van der Waals surface area contributed by atoms with Crippen LogP contribution in [-0.4, -0.2) is 74.8 Å². The van der Waals surface area contributed by atoms with E-state index in [-0.39, 0.29) is 6.54 Å². The van der Waals surface area contributed by atoms with E-state index in [1.54, 1.807) is 0 Å². The Balaban J connectivity index is 4.56. The maximum Gasteiger partial charge on any atom is 0.327 e. The summed E-state index contributed by atoms with van der Waals surface area (Å²) in [5, 5.41) is 25.0. The third kappa shape index (κ3) is 17.1. The van der Waals surface area contributed by atoms with E-state index < -0.39 is 58.1 Å². The summed E-state index contributed by atoms with van der Waals surface area (Å²) in [6.07, 6.45) is 16.9. The Kier molecular flexibility index (Phi) is 19.2. The van der Waals surface area contributed by atoms with Crippen molar-refractivity contribution >= 4 is 33.9 Å². The van der Waals surface area contributed by atoms with Gasteiger partial charge in [-0.25, -0.2) is 4.79 Å². The number of carbonyl (C=O) groups excluding carboxylic acids is 1. The van der Waals surface area contributed by atoms with E-state index in [4.69, 9.17) is 14.8 Å². The summed E-state index contributed by atoms with van der Waals surface area (Å²) in [7, 11) is -5.13. The zero-order chi connectivity index (χ0) is 29.0. The molecule has 0 saturated carbocycles. The highest BCUT2D eigenvalue weighted by Crippen LogP contribution is 2.16. The van der Waals surface area contributed by atoms with Crippen LogP contribution in [0.3, 0.4) is 0 Å². The summed E-state index contributed by atoms with van der Waals surface area (Å²) in [6, 6.07) is -1.79. The number of carboxylic acids is 3. The Morgan fingerprint density at radius 2 is 1.18 bits per heavy atom. The van der Waals surface area contributed by atoms with Gasteiger partial charge in [-0.15, -0.1) is 0 Å². The average molecular weight is 564 g/mol. The SMILES string of the molecule is CCCCCCCC/C=C\CCCCCCCCN(C(=O)CC(C(=O)O)S(=O)(=O)O)C(CC(=O)O)C(=O)O. The van der Waals surface area contributed by atoms with Crippen LogP contribution in [0.5, 0.6) is 0 Å². The van der Waals surface area contributed by atoms with Gasteiger partial charge in [-0.3, -0.25) is 18.9 Å². The molecule has 0 aliphatic carbocycles. The molecule has 0 bridgehead atoms. The first kappa shape index (κ1) is 35.5. The molecule has 1 amide bonds. The maximum absolute atomic E-state index is 12.6. The summed E-state index contributed by atoms with van der Waals surface area (Å²) in [4.78, 5) is 47.3. The molecule has 0 rings (SSSR count). The molecule has 0 aromatic heterocycles. The first-order valence-corrected chi connectivity index (χ1v) is 15.0. The highest BCUT2D eigenvalue weighted by Gasteiger charge is 2.38. The number of hydrogen-bond donors (Lipinski definition) is 4. The van der Waals surface area contributed by atoms with Crippen molar-refractivity contribution < 1.29 is 47.5 Å². The molecule has 11 nitrogen and oxygen atoms in total. The van der Waals surface area contributed by atoms with E-state index >= 15 is 0 Å². The van der Waals surface area contributed by atoms with Crippen LogP contribution in [0.1, 0.15) is 110 Å². The largest absolute Gasteiger partial charge is 0.481 e. The number of nitrogens with zero attached hydrogens (tertiary/aromatic N) is 1. The molecule has 0 aliphatic rings. The van der Waals surface area contributed by atoms with Crippen molar-refractivity contribution in [3.63, 3.8) is 0 Å². The minimum atomic E-state index is -5.13. The zero-order valence-corrected chi connectivity index (χ0v) is 23.2. The highest BCUT2D eigenvalue weighted by molar-refractivity contribution is 7.87. The third-order valence-electron chi connectivity index (χ3n) is 6.26. The van der Waals surface area contributed by atoms with Crippen molar-refractivity contribution in [2.75, 3.05) is 6.54 Å². The Hall–Kier alpha value is -2.47. The molecule has 0 radical (unpaired) electrons. The van der Waals surface area contributed by atoms with Gasteiger partial charge >= 0.3 is 17.9 Å². The van der Waals surface area contributed by atoms with E-state index in [9.17, 15) is 32.7 Å². The van der Waals surface area contributed by atoms with Gasteiger partial charge in [0.15, 0.2) is 5.25 Å². The Morgan fingerprint density at radius 1 is 0.711 bits per heavy atom. The molecule has 2 atom stereocenters. The maximum atomic E-state index is 12.6. The van der Waals surface area contributed by atoms with Crippen molar-refractivity contribution in [1.29, 1.82) is 0 Å². The first-order valence-electron chi connectivity index (χ1n) is 13.5. The van der Waals surface area contributed by atoms with Gasteiger partial charge in [0.1, 0.15) is 6.04 Å². The van der Waals surface area contributed by atoms with Crippen LogP contribution in [-0.2, 0) is 29.3 Å². The van der Waals surface area contributed by atoms with E-state index in [0.717, 1.165) is 38.5 Å². The molecule has 0 aromatic rings. The average Bonchev–Trinajstić information content (AvgIpc) is 2.82. The lowest BCUT2D eigenvalue weighted by Gasteiger charge is -2.29. The van der Waals surface area contributed by atoms with Crippen LogP contribution in [0, 0.1) is 0 Å². The van der Waals surface area contributed by atoms with Crippen LogP contribution in [0.15, 0.2) is 12.2 Å². The van der Waals surface area contributed by atoms with Gasteiger partial charge < -0.3 is 20.2 Å². The number of hydrogen-bond acceptors (Lipinski definition) is 6. The summed E-state index contributed by atoms with van der Waals surface area (Å²) in [6.45, 7) is 2.03. The number of aliphatic carboxylic acids is 3. The molecule has 220 valence electrons. The number of unbranched alkanes of at least 4 members (excludes halogenated alkanes) is 12. The van der Waals surface area contributed by atoms with Crippen molar-refractivity contribution in [3.8, 4) is 0 Å². The summed E-state index contributed by atoms with van der Waals surface area (Å²) < 4.78 is 31.7. The van der Waals surface area contributed by atoms with E-state index in [2.05, 4.69) is 19.1 Å². The lowest BCUT2D eigenvalue weighted by Crippen LogP contribution is -2.48. The number of carbonyl (C=O) groups is 4. The standard InChI is InChI=1S/C26H45NO10S/c1-2-3-4-5-6-7-8-9-10-11-12-13-14-15-16-17-18-27(21(25(31)32)19-24(29)30)23(28)20-22(26(33)34)38(35,36)37/h9-10,21-22H,2-8,11-20H2,1H3,(H,29,30)(H,31,32)(H,33,34)(H,35,36,37)/b10-9-. The summed E-state index contributed by atoms with van der Waals surface area (Å²) in [5.41, 5.74) is 0. The van der Waals surface area contributed by atoms with Crippen molar-refractivity contribution in [2.45, 2.75) is 121 Å². The molecule has 4 N–H and O–H groups in total. The molecular weight excluding hydrogens is 518 g/mol. The number of carboxylic acid groups (broad SMARTS) is 3. The molecule has 0 fully saturated rings. The second-order valence-corrected chi connectivity index (χ2v) is 11.1. The number of amides is 1. The Bertz CT molecular complexity index is 856. The zero-order valence-electron chi connectivity index (χ0n) is 22.4. The highest BCUT2D eigenvalue weighted by atomic mass is 32.2. The molecule has 0 aromatic carbocycles. The van der Waals surface area contributed by atoms with Crippen molar-refractivity contribution in [3.05, 3.63) is 12.2 Å². The second kappa shape index (κ2) is 20.5. The molecule has 0 saturated heterocycles. The van der Waals surface area contributed by atoms with Gasteiger partial charge in [0.2, 0.25) is 5.91 Å².